The molecule has 1 unspecified atom stereocenters. The van der Waals surface area contributed by atoms with Gasteiger partial charge in [0.15, 0.2) is 5.78 Å². The van der Waals surface area contributed by atoms with Gasteiger partial charge in [-0.2, -0.15) is 0 Å². The van der Waals surface area contributed by atoms with Gasteiger partial charge in [-0.25, -0.2) is 0 Å². The normalized spacial score (nSPS) is 12.6. The van der Waals surface area contributed by atoms with Crippen molar-refractivity contribution in [3.63, 3.8) is 0 Å². The molecule has 0 heterocycles. The van der Waals surface area contributed by atoms with Crippen LogP contribution < -0.4 is 10.1 Å². The van der Waals surface area contributed by atoms with Gasteiger partial charge in [-0.1, -0.05) is 0 Å². The van der Waals surface area contributed by atoms with Crippen LogP contribution in [0.25, 0.3) is 0 Å². The van der Waals surface area contributed by atoms with Crippen LogP contribution in [-0.4, -0.2) is 59.6 Å². The lowest BCUT2D eigenvalue weighted by molar-refractivity contribution is 0.0772. The molecule has 0 bridgehead atoms. The summed E-state index contributed by atoms with van der Waals surface area (Å²) in [7, 11) is 0. The van der Waals surface area contributed by atoms with Gasteiger partial charge in [0, 0.05) is 30.7 Å². The number of carbonyl (C=O) groups excluding carboxylic acids is 2. The maximum atomic E-state index is 12.5. The van der Waals surface area contributed by atoms with Crippen LogP contribution in [0, 0.1) is 0 Å². The van der Waals surface area contributed by atoms with E-state index in [1.54, 1.807) is 23.1 Å². The van der Waals surface area contributed by atoms with E-state index in [2.05, 4.69) is 5.32 Å². The zero-order chi connectivity index (χ0) is 19.9. The average Bonchev–Trinajstić information content (AvgIpc) is 2.58. The minimum atomic E-state index is -0.703. The first kappa shape index (κ1) is 22.1. The number of benzene rings is 1. The first-order chi connectivity index (χ1) is 12.1. The molecule has 6 nitrogen and oxygen atoms in total. The zero-order valence-electron chi connectivity index (χ0n) is 16.8. The van der Waals surface area contributed by atoms with Crippen molar-refractivity contribution >= 4 is 11.7 Å². The molecule has 0 fully saturated rings. The maximum Gasteiger partial charge on any atom is 0.253 e. The molecule has 26 heavy (non-hydrogen) atoms. The molecule has 0 saturated carbocycles. The summed E-state index contributed by atoms with van der Waals surface area (Å²) in [6.45, 7) is 13.0. The Kier molecular flexibility index (Phi) is 8.24. The number of hydrogen-bond donors (Lipinski definition) is 2. The summed E-state index contributed by atoms with van der Waals surface area (Å²) in [5.41, 5.74) is 0.706. The van der Waals surface area contributed by atoms with Crippen LogP contribution in [0.3, 0.4) is 0 Å². The summed E-state index contributed by atoms with van der Waals surface area (Å²) in [6.07, 6.45) is -0.703. The minimum absolute atomic E-state index is 0.0622. The van der Waals surface area contributed by atoms with Crippen molar-refractivity contribution in [1.82, 2.24) is 10.2 Å². The molecule has 1 amide bonds. The number of ketones is 1. The molecular formula is C20H32N2O4. The van der Waals surface area contributed by atoms with Crippen molar-refractivity contribution in [2.24, 2.45) is 0 Å². The summed E-state index contributed by atoms with van der Waals surface area (Å²) < 4.78 is 5.64. The van der Waals surface area contributed by atoms with E-state index in [1.165, 1.54) is 6.92 Å². The van der Waals surface area contributed by atoms with Gasteiger partial charge in [-0.15, -0.1) is 0 Å². The molecule has 1 atom stereocenters. The van der Waals surface area contributed by atoms with Crippen molar-refractivity contribution in [3.05, 3.63) is 29.3 Å². The van der Waals surface area contributed by atoms with E-state index in [0.29, 0.717) is 36.5 Å². The summed E-state index contributed by atoms with van der Waals surface area (Å²) in [6, 6.07) is 4.84. The number of Topliss-reactive ketones (excluding diaryl/α,β-unsaturated/α-hetero) is 1. The number of nitrogens with zero attached hydrogens (tertiary/aromatic N) is 1. The number of hydrogen-bond acceptors (Lipinski definition) is 5. The molecule has 0 saturated heterocycles. The highest BCUT2D eigenvalue weighted by atomic mass is 16.5. The van der Waals surface area contributed by atoms with Crippen LogP contribution in [0.4, 0.5) is 0 Å². The standard InChI is InChI=1S/C20H32N2O4/c1-7-22(8-2)19(25)15-9-10-18(17(11-15)14(3)23)26-13-16(24)12-21-20(4,5)6/h9-11,16,21,24H,7-8,12-13H2,1-6H3. The Balaban J connectivity index is 2.86. The number of aliphatic hydroxyl groups excluding tert-OH is 1. The highest BCUT2D eigenvalue weighted by Gasteiger charge is 2.18. The van der Waals surface area contributed by atoms with Gasteiger partial charge in [0.25, 0.3) is 5.91 Å². The van der Waals surface area contributed by atoms with Crippen LogP contribution >= 0.6 is 0 Å². The average molecular weight is 364 g/mol. The zero-order valence-corrected chi connectivity index (χ0v) is 16.8. The molecule has 0 aromatic heterocycles. The van der Waals surface area contributed by atoms with Gasteiger partial charge >= 0.3 is 0 Å². The fourth-order valence-electron chi connectivity index (χ4n) is 2.43. The van der Waals surface area contributed by atoms with E-state index < -0.39 is 6.10 Å². The maximum absolute atomic E-state index is 12.5. The third-order valence-electron chi connectivity index (χ3n) is 3.96. The van der Waals surface area contributed by atoms with E-state index in [-0.39, 0.29) is 23.8 Å². The van der Waals surface area contributed by atoms with Crippen molar-refractivity contribution in [3.8, 4) is 5.75 Å². The molecule has 6 heteroatoms. The third-order valence-corrected chi connectivity index (χ3v) is 3.96. The van der Waals surface area contributed by atoms with Gasteiger partial charge in [-0.05, 0) is 59.7 Å². The molecule has 0 aliphatic carbocycles. The second-order valence-electron chi connectivity index (χ2n) is 7.34. The van der Waals surface area contributed by atoms with E-state index in [4.69, 9.17) is 4.74 Å². The number of amides is 1. The molecule has 146 valence electrons. The molecule has 2 N–H and O–H groups in total. The number of rotatable bonds is 9. The third kappa shape index (κ3) is 6.77. The fourth-order valence-corrected chi connectivity index (χ4v) is 2.43. The van der Waals surface area contributed by atoms with E-state index in [0.717, 1.165) is 0 Å². The van der Waals surface area contributed by atoms with Gasteiger partial charge in [0.05, 0.1) is 5.56 Å². The molecule has 1 aromatic carbocycles. The number of β-amino-alcohol motifs (C(OH)–C–C–N with tert-alkyl or cyclic N) is 1. The molecule has 0 aliphatic rings. The predicted molar refractivity (Wildman–Crippen MR) is 103 cm³/mol. The van der Waals surface area contributed by atoms with E-state index in [1.807, 2.05) is 34.6 Å². The molecular weight excluding hydrogens is 332 g/mol. The molecule has 1 aromatic rings. The Bertz CT molecular complexity index is 619. The van der Waals surface area contributed by atoms with Crippen LogP contribution in [0.1, 0.15) is 62.3 Å². The van der Waals surface area contributed by atoms with Gasteiger partial charge in [0.2, 0.25) is 0 Å². The quantitative estimate of drug-likeness (QED) is 0.658. The van der Waals surface area contributed by atoms with Crippen molar-refractivity contribution in [2.75, 3.05) is 26.2 Å². The Labute approximate surface area is 156 Å². The summed E-state index contributed by atoms with van der Waals surface area (Å²) in [4.78, 5) is 26.1. The summed E-state index contributed by atoms with van der Waals surface area (Å²) >= 11 is 0. The number of nitrogens with one attached hydrogen (secondary N) is 1. The lowest BCUT2D eigenvalue weighted by atomic mass is 10.1. The molecule has 1 rings (SSSR count). The molecule has 0 radical (unpaired) electrons. The molecule has 0 aliphatic heterocycles. The van der Waals surface area contributed by atoms with Gasteiger partial charge in [-0.3, -0.25) is 9.59 Å². The van der Waals surface area contributed by atoms with Crippen LogP contribution in [-0.2, 0) is 0 Å². The SMILES string of the molecule is CCN(CC)C(=O)c1ccc(OCC(O)CNC(C)(C)C)c(C(C)=O)c1. The Morgan fingerprint density at radius 2 is 1.85 bits per heavy atom. The van der Waals surface area contributed by atoms with Crippen LogP contribution in [0.15, 0.2) is 18.2 Å². The van der Waals surface area contributed by atoms with Crippen LogP contribution in [0.5, 0.6) is 5.75 Å². The monoisotopic (exact) mass is 364 g/mol. The topological polar surface area (TPSA) is 78.9 Å². The van der Waals surface area contributed by atoms with E-state index in [9.17, 15) is 14.7 Å². The Morgan fingerprint density at radius 1 is 1.23 bits per heavy atom. The van der Waals surface area contributed by atoms with E-state index >= 15 is 0 Å². The lowest BCUT2D eigenvalue weighted by Gasteiger charge is -2.23. The highest BCUT2D eigenvalue weighted by molar-refractivity contribution is 6.01. The molecule has 0 spiro atoms. The summed E-state index contributed by atoms with van der Waals surface area (Å²) in [5, 5.41) is 13.2. The van der Waals surface area contributed by atoms with Gasteiger partial charge < -0.3 is 20.1 Å². The van der Waals surface area contributed by atoms with Crippen molar-refractivity contribution < 1.29 is 19.4 Å². The Morgan fingerprint density at radius 3 is 2.35 bits per heavy atom. The lowest BCUT2D eigenvalue weighted by Crippen LogP contribution is -2.42. The first-order valence-electron chi connectivity index (χ1n) is 9.09. The highest BCUT2D eigenvalue weighted by Crippen LogP contribution is 2.22. The number of ether oxygens (including phenoxy) is 1. The van der Waals surface area contributed by atoms with Gasteiger partial charge in [0.1, 0.15) is 18.5 Å². The smallest absolute Gasteiger partial charge is 0.253 e. The fraction of sp³-hybridized carbons (Fsp3) is 0.600. The summed E-state index contributed by atoms with van der Waals surface area (Å²) in [5.74, 6) is 0.0818. The Hall–Kier alpha value is -1.92. The minimum Gasteiger partial charge on any atom is -0.490 e. The second kappa shape index (κ2) is 9.69. The number of aliphatic hydroxyl groups is 1. The number of carbonyl (C=O) groups is 2. The largest absolute Gasteiger partial charge is 0.490 e. The predicted octanol–water partition coefficient (Wildman–Crippen LogP) is 2.50. The van der Waals surface area contributed by atoms with Crippen LogP contribution in [0.2, 0.25) is 0 Å². The van der Waals surface area contributed by atoms with Crippen molar-refractivity contribution in [1.29, 1.82) is 0 Å². The van der Waals surface area contributed by atoms with Crippen molar-refractivity contribution in [2.45, 2.75) is 53.2 Å². The second-order valence-corrected chi connectivity index (χ2v) is 7.34. The first-order valence-corrected chi connectivity index (χ1v) is 9.09.